The van der Waals surface area contributed by atoms with Crippen LogP contribution in [0.15, 0.2) is 18.2 Å². The zero-order valence-corrected chi connectivity index (χ0v) is 21.1. The second kappa shape index (κ2) is 13.6. The Kier molecular flexibility index (Phi) is 10.5. The lowest BCUT2D eigenvalue weighted by atomic mass is 9.99. The average Bonchev–Trinajstić information content (AvgIpc) is 3.34. The number of ether oxygens (including phenoxy) is 3. The van der Waals surface area contributed by atoms with Crippen LogP contribution in [0.25, 0.3) is 0 Å². The van der Waals surface area contributed by atoms with Gasteiger partial charge in [0.1, 0.15) is 19.3 Å². The minimum Gasteiger partial charge on any atom is -0.486 e. The van der Waals surface area contributed by atoms with Crippen LogP contribution in [-0.2, 0) is 14.3 Å². The molecule has 0 bridgehead atoms. The van der Waals surface area contributed by atoms with Crippen LogP contribution < -0.4 is 14.8 Å². The van der Waals surface area contributed by atoms with Crippen molar-refractivity contribution in [1.82, 2.24) is 10.2 Å². The summed E-state index contributed by atoms with van der Waals surface area (Å²) in [5, 5.41) is 3.23. The first-order valence-electron chi connectivity index (χ1n) is 13.1. The van der Waals surface area contributed by atoms with E-state index in [1.54, 1.807) is 0 Å². The minimum atomic E-state index is -0.602. The number of nitrogens with zero attached hydrogens (tertiary/aromatic N) is 1. The van der Waals surface area contributed by atoms with Crippen LogP contribution in [0.3, 0.4) is 0 Å². The maximum atomic E-state index is 12.9. The Hall–Kier alpha value is -2.28. The Bertz CT molecular complexity index is 791. The highest BCUT2D eigenvalue weighted by molar-refractivity contribution is 5.76. The fourth-order valence-corrected chi connectivity index (χ4v) is 4.51. The fourth-order valence-electron chi connectivity index (χ4n) is 4.51. The van der Waals surface area contributed by atoms with Gasteiger partial charge in [-0.3, -0.25) is 9.59 Å². The van der Waals surface area contributed by atoms with Gasteiger partial charge in [0.05, 0.1) is 12.0 Å². The van der Waals surface area contributed by atoms with Crippen LogP contribution in [0.1, 0.15) is 83.8 Å². The third-order valence-electron chi connectivity index (χ3n) is 6.48. The van der Waals surface area contributed by atoms with E-state index < -0.39 is 6.10 Å². The molecule has 1 saturated heterocycles. The van der Waals surface area contributed by atoms with E-state index >= 15 is 0 Å². The lowest BCUT2D eigenvalue weighted by Crippen LogP contribution is -2.48. The molecular weight excluding hydrogens is 432 g/mol. The summed E-state index contributed by atoms with van der Waals surface area (Å²) in [6.45, 7) is 9.48. The molecule has 1 N–H and O–H groups in total. The molecule has 0 saturated carbocycles. The number of hydrogen-bond acceptors (Lipinski definition) is 6. The lowest BCUT2D eigenvalue weighted by molar-refractivity contribution is -0.156. The van der Waals surface area contributed by atoms with Gasteiger partial charge in [0.15, 0.2) is 11.5 Å². The summed E-state index contributed by atoms with van der Waals surface area (Å²) >= 11 is 0. The average molecular weight is 475 g/mol. The van der Waals surface area contributed by atoms with Crippen molar-refractivity contribution in [3.05, 3.63) is 23.8 Å². The molecule has 1 unspecified atom stereocenters. The summed E-state index contributed by atoms with van der Waals surface area (Å²) in [5.41, 5.74) is 0.811. The van der Waals surface area contributed by atoms with Gasteiger partial charge in [0.2, 0.25) is 5.91 Å². The maximum Gasteiger partial charge on any atom is 0.309 e. The Balaban J connectivity index is 1.79. The van der Waals surface area contributed by atoms with E-state index in [-0.39, 0.29) is 23.8 Å². The van der Waals surface area contributed by atoms with Gasteiger partial charge in [-0.25, -0.2) is 0 Å². The van der Waals surface area contributed by atoms with E-state index in [2.05, 4.69) is 17.1 Å². The number of unbranched alkanes of at least 4 members (excludes halogenated alkanes) is 4. The first kappa shape index (κ1) is 26.3. The highest BCUT2D eigenvalue weighted by atomic mass is 16.6. The summed E-state index contributed by atoms with van der Waals surface area (Å²) in [5.74, 6) is 0.818. The molecule has 2 heterocycles. The number of benzene rings is 1. The van der Waals surface area contributed by atoms with E-state index in [9.17, 15) is 9.59 Å². The fraction of sp³-hybridized carbons (Fsp3) is 0.704. The molecule has 1 fully saturated rings. The second-order valence-corrected chi connectivity index (χ2v) is 9.76. The number of amides is 1. The SMILES string of the molecule is CCCCCCCC(=O)N[C@H](CN1CCCC1)C(OC(=O)C(C)C)c1ccc2c(c1)OCCO2. The number of hydrogen-bond donors (Lipinski definition) is 1. The van der Waals surface area contributed by atoms with Crippen molar-refractivity contribution in [2.45, 2.75) is 84.3 Å². The van der Waals surface area contributed by atoms with Gasteiger partial charge in [-0.05, 0) is 50.0 Å². The molecule has 2 atom stereocenters. The van der Waals surface area contributed by atoms with Crippen LogP contribution in [-0.4, -0.2) is 55.7 Å². The number of carbonyl (C=O) groups is 2. The zero-order chi connectivity index (χ0) is 24.3. The highest BCUT2D eigenvalue weighted by Gasteiger charge is 2.32. The van der Waals surface area contributed by atoms with Crippen LogP contribution >= 0.6 is 0 Å². The molecule has 34 heavy (non-hydrogen) atoms. The van der Waals surface area contributed by atoms with E-state index in [0.717, 1.165) is 50.8 Å². The van der Waals surface area contributed by atoms with E-state index in [1.807, 2.05) is 32.0 Å². The van der Waals surface area contributed by atoms with Crippen molar-refractivity contribution < 1.29 is 23.8 Å². The molecule has 0 radical (unpaired) electrons. The van der Waals surface area contributed by atoms with Gasteiger partial charge in [-0.2, -0.15) is 0 Å². The van der Waals surface area contributed by atoms with Gasteiger partial charge in [0, 0.05) is 13.0 Å². The number of esters is 1. The Morgan fingerprint density at radius 3 is 2.44 bits per heavy atom. The van der Waals surface area contributed by atoms with Crippen LogP contribution in [0, 0.1) is 5.92 Å². The van der Waals surface area contributed by atoms with Crippen molar-refractivity contribution in [2.75, 3.05) is 32.8 Å². The molecule has 0 aliphatic carbocycles. The van der Waals surface area contributed by atoms with Gasteiger partial charge in [0.25, 0.3) is 0 Å². The number of likely N-dealkylation sites (tertiary alicyclic amines) is 1. The smallest absolute Gasteiger partial charge is 0.309 e. The lowest BCUT2D eigenvalue weighted by Gasteiger charge is -2.32. The van der Waals surface area contributed by atoms with Crippen LogP contribution in [0.5, 0.6) is 11.5 Å². The standard InChI is InChI=1S/C27H42N2O5/c1-4-5-6-7-8-11-25(30)28-22(19-29-14-9-10-15-29)26(34-27(31)20(2)3)21-12-13-23-24(18-21)33-17-16-32-23/h12-13,18,20,22,26H,4-11,14-17,19H2,1-3H3,(H,28,30)/t22-,26?/m1/s1. The Morgan fingerprint density at radius 1 is 1.03 bits per heavy atom. The number of fused-ring (bicyclic) bond motifs is 1. The quantitative estimate of drug-likeness (QED) is 0.332. The van der Waals surface area contributed by atoms with Crippen molar-refractivity contribution in [2.24, 2.45) is 5.92 Å². The van der Waals surface area contributed by atoms with Crippen molar-refractivity contribution in [3.8, 4) is 11.5 Å². The molecule has 3 rings (SSSR count). The molecule has 1 aromatic carbocycles. The summed E-state index contributed by atoms with van der Waals surface area (Å²) in [7, 11) is 0. The van der Waals surface area contributed by atoms with Crippen LogP contribution in [0.4, 0.5) is 0 Å². The largest absolute Gasteiger partial charge is 0.486 e. The molecule has 0 aromatic heterocycles. The van der Waals surface area contributed by atoms with Gasteiger partial charge >= 0.3 is 5.97 Å². The molecule has 2 aliphatic heterocycles. The molecule has 0 spiro atoms. The van der Waals surface area contributed by atoms with Crippen molar-refractivity contribution in [3.63, 3.8) is 0 Å². The first-order chi connectivity index (χ1) is 16.5. The third kappa shape index (κ3) is 7.90. The number of nitrogens with one attached hydrogen (secondary N) is 1. The summed E-state index contributed by atoms with van der Waals surface area (Å²) in [4.78, 5) is 28.0. The predicted molar refractivity (Wildman–Crippen MR) is 132 cm³/mol. The molecular formula is C27H42N2O5. The summed E-state index contributed by atoms with van der Waals surface area (Å²) in [6.07, 6.45) is 7.68. The molecule has 190 valence electrons. The van der Waals surface area contributed by atoms with Gasteiger partial charge < -0.3 is 24.4 Å². The Morgan fingerprint density at radius 2 is 1.74 bits per heavy atom. The zero-order valence-electron chi connectivity index (χ0n) is 21.1. The van der Waals surface area contributed by atoms with Crippen molar-refractivity contribution in [1.29, 1.82) is 0 Å². The van der Waals surface area contributed by atoms with Gasteiger partial charge in [-0.15, -0.1) is 0 Å². The number of rotatable bonds is 13. The minimum absolute atomic E-state index is 0.0174. The molecule has 1 amide bonds. The Labute approximate surface area is 204 Å². The topological polar surface area (TPSA) is 77.1 Å². The summed E-state index contributed by atoms with van der Waals surface area (Å²) in [6, 6.07) is 5.33. The van der Waals surface area contributed by atoms with E-state index in [4.69, 9.17) is 14.2 Å². The second-order valence-electron chi connectivity index (χ2n) is 9.76. The molecule has 7 heteroatoms. The van der Waals surface area contributed by atoms with Crippen LogP contribution in [0.2, 0.25) is 0 Å². The maximum absolute atomic E-state index is 12.9. The monoisotopic (exact) mass is 474 g/mol. The van der Waals surface area contributed by atoms with E-state index in [0.29, 0.717) is 37.7 Å². The highest BCUT2D eigenvalue weighted by Crippen LogP contribution is 2.35. The van der Waals surface area contributed by atoms with Gasteiger partial charge in [-0.1, -0.05) is 52.5 Å². The third-order valence-corrected chi connectivity index (χ3v) is 6.48. The predicted octanol–water partition coefficient (Wildman–Crippen LogP) is 4.64. The number of carbonyl (C=O) groups excluding carboxylic acids is 2. The first-order valence-corrected chi connectivity index (χ1v) is 13.1. The summed E-state index contributed by atoms with van der Waals surface area (Å²) < 4.78 is 17.5. The molecule has 1 aromatic rings. The molecule has 7 nitrogen and oxygen atoms in total. The normalized spacial score (nSPS) is 17.4. The van der Waals surface area contributed by atoms with E-state index in [1.165, 1.54) is 12.8 Å². The molecule has 2 aliphatic rings. The van der Waals surface area contributed by atoms with Crippen molar-refractivity contribution >= 4 is 11.9 Å².